The molecular weight excluding hydrogens is 229 g/mol. The van der Waals surface area contributed by atoms with Gasteiger partial charge >= 0.3 is 6.18 Å². The van der Waals surface area contributed by atoms with Crippen molar-refractivity contribution in [1.82, 2.24) is 10.6 Å². The number of alkyl halides is 3. The number of rotatable bonds is 5. The van der Waals surface area contributed by atoms with Crippen molar-refractivity contribution in [1.29, 1.82) is 0 Å². The summed E-state index contributed by atoms with van der Waals surface area (Å²) in [6.07, 6.45) is 1.89. The number of halogens is 3. The fourth-order valence-corrected chi connectivity index (χ4v) is 2.53. The minimum Gasteiger partial charge on any atom is -0.314 e. The number of piperidine rings is 1. The molecule has 1 heterocycles. The number of nitrogens with one attached hydrogen (secondary N) is 2. The van der Waals surface area contributed by atoms with Crippen molar-refractivity contribution in [3.63, 3.8) is 0 Å². The lowest BCUT2D eigenvalue weighted by Gasteiger charge is -2.24. The van der Waals surface area contributed by atoms with Gasteiger partial charge in [-0.25, -0.2) is 0 Å². The summed E-state index contributed by atoms with van der Waals surface area (Å²) in [6.45, 7) is 1.54. The maximum atomic E-state index is 12.6. The molecule has 2 N–H and O–H groups in total. The minimum absolute atomic E-state index is 0.248. The largest absolute Gasteiger partial charge is 0.406 e. The van der Waals surface area contributed by atoms with E-state index in [0.29, 0.717) is 12.6 Å². The second-order valence-electron chi connectivity index (χ2n) is 5.30. The highest BCUT2D eigenvalue weighted by molar-refractivity contribution is 5.07. The van der Waals surface area contributed by atoms with Crippen molar-refractivity contribution in [3.8, 4) is 0 Å². The Balaban J connectivity index is 1.60. The molecule has 5 heteroatoms. The lowest BCUT2D eigenvalue weighted by Crippen LogP contribution is -2.45. The molecule has 0 aromatic rings. The van der Waals surface area contributed by atoms with E-state index in [1.807, 2.05) is 0 Å². The second-order valence-corrected chi connectivity index (χ2v) is 5.30. The van der Waals surface area contributed by atoms with Crippen LogP contribution in [0.1, 0.15) is 44.9 Å². The monoisotopic (exact) mass is 250 g/mol. The van der Waals surface area contributed by atoms with Crippen LogP contribution in [0.2, 0.25) is 0 Å². The van der Waals surface area contributed by atoms with Crippen molar-refractivity contribution >= 4 is 0 Å². The first kappa shape index (κ1) is 13.1. The molecule has 1 aliphatic heterocycles. The molecule has 2 nitrogen and oxygen atoms in total. The molecule has 0 aromatic carbocycles. The van der Waals surface area contributed by atoms with Crippen LogP contribution in [0.4, 0.5) is 13.2 Å². The maximum absolute atomic E-state index is 12.6. The topological polar surface area (TPSA) is 24.1 Å². The van der Waals surface area contributed by atoms with E-state index in [-0.39, 0.29) is 12.8 Å². The van der Waals surface area contributed by atoms with Crippen molar-refractivity contribution in [2.75, 3.05) is 13.1 Å². The van der Waals surface area contributed by atoms with E-state index in [0.717, 1.165) is 19.4 Å². The molecule has 1 atom stereocenters. The SMILES string of the molecule is FC(F)(F)C1(NCCCC2CCCCN2)CC1. The van der Waals surface area contributed by atoms with Crippen LogP contribution in [0, 0.1) is 0 Å². The highest BCUT2D eigenvalue weighted by Gasteiger charge is 2.62. The molecule has 2 rings (SSSR count). The van der Waals surface area contributed by atoms with Gasteiger partial charge in [0.05, 0.1) is 0 Å². The van der Waals surface area contributed by atoms with Crippen LogP contribution in [0.3, 0.4) is 0 Å². The van der Waals surface area contributed by atoms with Crippen molar-refractivity contribution < 1.29 is 13.2 Å². The van der Waals surface area contributed by atoms with E-state index < -0.39 is 11.7 Å². The summed E-state index contributed by atoms with van der Waals surface area (Å²) < 4.78 is 37.8. The van der Waals surface area contributed by atoms with Gasteiger partial charge in [0.15, 0.2) is 0 Å². The molecule has 0 spiro atoms. The standard InChI is InChI=1S/C12H21F3N2/c13-12(14,15)11(6-7-11)17-9-3-5-10-4-1-2-8-16-10/h10,16-17H,1-9H2. The Hall–Kier alpha value is -0.290. The molecule has 17 heavy (non-hydrogen) atoms. The second kappa shape index (κ2) is 5.14. The fourth-order valence-electron chi connectivity index (χ4n) is 2.53. The lowest BCUT2D eigenvalue weighted by molar-refractivity contribution is -0.165. The highest BCUT2D eigenvalue weighted by Crippen LogP contribution is 2.48. The smallest absolute Gasteiger partial charge is 0.314 e. The van der Waals surface area contributed by atoms with Crippen LogP contribution in [-0.2, 0) is 0 Å². The average Bonchev–Trinajstić information content (AvgIpc) is 3.06. The Morgan fingerprint density at radius 1 is 1.24 bits per heavy atom. The maximum Gasteiger partial charge on any atom is 0.406 e. The molecule has 0 amide bonds. The molecule has 1 unspecified atom stereocenters. The van der Waals surface area contributed by atoms with Gasteiger partial charge in [-0.15, -0.1) is 0 Å². The van der Waals surface area contributed by atoms with Crippen molar-refractivity contribution in [2.45, 2.75) is 62.7 Å². The predicted octanol–water partition coefficient (Wildman–Crippen LogP) is 2.59. The zero-order valence-electron chi connectivity index (χ0n) is 10.1. The van der Waals surface area contributed by atoms with E-state index >= 15 is 0 Å². The van der Waals surface area contributed by atoms with E-state index in [4.69, 9.17) is 0 Å². The molecule has 0 bridgehead atoms. The van der Waals surface area contributed by atoms with Gasteiger partial charge in [0, 0.05) is 6.04 Å². The minimum atomic E-state index is -4.07. The van der Waals surface area contributed by atoms with Gasteiger partial charge in [-0.05, 0) is 51.6 Å². The summed E-state index contributed by atoms with van der Waals surface area (Å²) in [5, 5.41) is 6.11. The first-order valence-corrected chi connectivity index (χ1v) is 6.59. The third kappa shape index (κ3) is 3.35. The fraction of sp³-hybridized carbons (Fsp3) is 1.00. The number of hydrogen-bond acceptors (Lipinski definition) is 2. The molecule has 1 aliphatic carbocycles. The molecule has 0 radical (unpaired) electrons. The summed E-state index contributed by atoms with van der Waals surface area (Å²) in [5.74, 6) is 0. The highest BCUT2D eigenvalue weighted by atomic mass is 19.4. The van der Waals surface area contributed by atoms with E-state index in [1.165, 1.54) is 19.3 Å². The van der Waals surface area contributed by atoms with Crippen LogP contribution < -0.4 is 10.6 Å². The van der Waals surface area contributed by atoms with Crippen molar-refractivity contribution in [2.24, 2.45) is 0 Å². The molecule has 1 saturated carbocycles. The van der Waals surface area contributed by atoms with Crippen LogP contribution in [0.15, 0.2) is 0 Å². The zero-order chi connectivity index (χ0) is 12.4. The molecule has 100 valence electrons. The Morgan fingerprint density at radius 3 is 2.53 bits per heavy atom. The Bertz CT molecular complexity index is 243. The molecular formula is C12H21F3N2. The third-order valence-corrected chi connectivity index (χ3v) is 3.90. The van der Waals surface area contributed by atoms with Crippen LogP contribution in [0.25, 0.3) is 0 Å². The van der Waals surface area contributed by atoms with Crippen LogP contribution >= 0.6 is 0 Å². The summed E-state index contributed by atoms with van der Waals surface area (Å²) in [4.78, 5) is 0. The van der Waals surface area contributed by atoms with Gasteiger partial charge in [-0.2, -0.15) is 13.2 Å². The summed E-state index contributed by atoms with van der Waals surface area (Å²) in [6, 6.07) is 0.520. The van der Waals surface area contributed by atoms with Crippen LogP contribution in [-0.4, -0.2) is 30.8 Å². The Kier molecular flexibility index (Phi) is 3.98. The molecule has 0 aromatic heterocycles. The summed E-state index contributed by atoms with van der Waals surface area (Å²) in [5.41, 5.74) is -1.53. The van der Waals surface area contributed by atoms with E-state index in [1.54, 1.807) is 0 Å². The van der Waals surface area contributed by atoms with Gasteiger partial charge < -0.3 is 10.6 Å². The van der Waals surface area contributed by atoms with Gasteiger partial charge in [-0.3, -0.25) is 0 Å². The zero-order valence-corrected chi connectivity index (χ0v) is 10.1. The van der Waals surface area contributed by atoms with E-state index in [9.17, 15) is 13.2 Å². The number of hydrogen-bond donors (Lipinski definition) is 2. The molecule has 1 saturated heterocycles. The van der Waals surface area contributed by atoms with Gasteiger partial charge in [0.25, 0.3) is 0 Å². The van der Waals surface area contributed by atoms with E-state index in [2.05, 4.69) is 10.6 Å². The average molecular weight is 250 g/mol. The predicted molar refractivity (Wildman–Crippen MR) is 60.9 cm³/mol. The molecule has 2 aliphatic rings. The van der Waals surface area contributed by atoms with Gasteiger partial charge in [-0.1, -0.05) is 6.42 Å². The van der Waals surface area contributed by atoms with Gasteiger partial charge in [0.2, 0.25) is 0 Å². The normalized spacial score (nSPS) is 28.1. The quantitative estimate of drug-likeness (QED) is 0.733. The first-order valence-electron chi connectivity index (χ1n) is 6.59. The third-order valence-electron chi connectivity index (χ3n) is 3.90. The van der Waals surface area contributed by atoms with Crippen LogP contribution in [0.5, 0.6) is 0 Å². The molecule has 2 fully saturated rings. The lowest BCUT2D eigenvalue weighted by atomic mass is 10.0. The van der Waals surface area contributed by atoms with Gasteiger partial charge in [0.1, 0.15) is 5.54 Å². The summed E-state index contributed by atoms with van der Waals surface area (Å²) >= 11 is 0. The first-order chi connectivity index (χ1) is 8.04. The Labute approximate surface area is 100 Å². The Morgan fingerprint density at radius 2 is 2.00 bits per heavy atom. The van der Waals surface area contributed by atoms with Crippen molar-refractivity contribution in [3.05, 3.63) is 0 Å². The summed E-state index contributed by atoms with van der Waals surface area (Å²) in [7, 11) is 0.